The number of hydrogen-bond donors (Lipinski definition) is 2. The fraction of sp³-hybridized carbons (Fsp3) is 0.429. The Balaban J connectivity index is 2.25. The molecular weight excluding hydrogens is 311 g/mol. The standard InChI is InChI=1S/C14H18Cl2N4O/c1-2-13-19-11-7-9(15)10(16)8-12(11)20(13)6-3-14(21)18-5-4-17/h7-8H,2-6,17H2,1H3,(H,18,21). The smallest absolute Gasteiger partial charge is 0.221 e. The summed E-state index contributed by atoms with van der Waals surface area (Å²) in [5.74, 6) is 0.888. The molecule has 0 saturated heterocycles. The predicted molar refractivity (Wildman–Crippen MR) is 85.8 cm³/mol. The van der Waals surface area contributed by atoms with Crippen LogP contribution in [0.3, 0.4) is 0 Å². The van der Waals surface area contributed by atoms with Gasteiger partial charge in [-0.3, -0.25) is 4.79 Å². The quantitative estimate of drug-likeness (QED) is 0.854. The number of carbonyl (C=O) groups is 1. The number of halogens is 2. The number of imidazole rings is 1. The molecule has 1 aromatic heterocycles. The Hall–Kier alpha value is -1.30. The molecule has 0 aliphatic carbocycles. The number of nitrogens with zero attached hydrogens (tertiary/aromatic N) is 2. The summed E-state index contributed by atoms with van der Waals surface area (Å²) in [7, 11) is 0. The SMILES string of the molecule is CCc1nc2cc(Cl)c(Cl)cc2n1CCC(=O)NCCN. The largest absolute Gasteiger partial charge is 0.355 e. The van der Waals surface area contributed by atoms with E-state index in [9.17, 15) is 4.79 Å². The lowest BCUT2D eigenvalue weighted by Gasteiger charge is -2.09. The van der Waals surface area contributed by atoms with Gasteiger partial charge in [0.2, 0.25) is 5.91 Å². The molecule has 0 aliphatic heterocycles. The number of hydrogen-bond acceptors (Lipinski definition) is 3. The highest BCUT2D eigenvalue weighted by Gasteiger charge is 2.13. The van der Waals surface area contributed by atoms with Gasteiger partial charge in [-0.05, 0) is 12.1 Å². The fourth-order valence-electron chi connectivity index (χ4n) is 2.20. The van der Waals surface area contributed by atoms with Gasteiger partial charge < -0.3 is 15.6 Å². The van der Waals surface area contributed by atoms with Crippen molar-refractivity contribution in [1.29, 1.82) is 0 Å². The van der Waals surface area contributed by atoms with Crippen LogP contribution in [0.1, 0.15) is 19.2 Å². The zero-order valence-corrected chi connectivity index (χ0v) is 13.3. The van der Waals surface area contributed by atoms with Crippen LogP contribution < -0.4 is 11.1 Å². The molecule has 3 N–H and O–H groups in total. The number of rotatable bonds is 6. The van der Waals surface area contributed by atoms with E-state index in [0.717, 1.165) is 23.3 Å². The maximum Gasteiger partial charge on any atom is 0.221 e. The summed E-state index contributed by atoms with van der Waals surface area (Å²) >= 11 is 12.1. The molecule has 5 nitrogen and oxygen atoms in total. The molecule has 1 heterocycles. The number of benzene rings is 1. The van der Waals surface area contributed by atoms with Gasteiger partial charge in [0.15, 0.2) is 0 Å². The van der Waals surface area contributed by atoms with Crippen LogP contribution in [0.2, 0.25) is 10.0 Å². The van der Waals surface area contributed by atoms with Gasteiger partial charge in [0.1, 0.15) is 5.82 Å². The van der Waals surface area contributed by atoms with E-state index in [1.807, 2.05) is 11.5 Å². The molecule has 114 valence electrons. The lowest BCUT2D eigenvalue weighted by Crippen LogP contribution is -2.29. The number of aryl methyl sites for hydroxylation is 2. The molecule has 0 saturated carbocycles. The van der Waals surface area contributed by atoms with E-state index in [0.29, 0.717) is 36.1 Å². The van der Waals surface area contributed by atoms with Gasteiger partial charge in [0.05, 0.1) is 21.1 Å². The Morgan fingerprint density at radius 2 is 2.10 bits per heavy atom. The lowest BCUT2D eigenvalue weighted by molar-refractivity contribution is -0.121. The van der Waals surface area contributed by atoms with Crippen molar-refractivity contribution >= 4 is 40.1 Å². The second-order valence-corrected chi connectivity index (χ2v) is 5.49. The van der Waals surface area contributed by atoms with Crippen molar-refractivity contribution in [1.82, 2.24) is 14.9 Å². The van der Waals surface area contributed by atoms with Crippen LogP contribution in [0.25, 0.3) is 11.0 Å². The molecule has 0 radical (unpaired) electrons. The summed E-state index contributed by atoms with van der Waals surface area (Å²) in [4.78, 5) is 16.2. The maximum atomic E-state index is 11.7. The van der Waals surface area contributed by atoms with E-state index in [1.54, 1.807) is 12.1 Å². The van der Waals surface area contributed by atoms with Crippen LogP contribution in [-0.2, 0) is 17.8 Å². The monoisotopic (exact) mass is 328 g/mol. The van der Waals surface area contributed by atoms with E-state index in [1.165, 1.54) is 0 Å². The third-order valence-corrected chi connectivity index (χ3v) is 3.94. The van der Waals surface area contributed by atoms with E-state index >= 15 is 0 Å². The summed E-state index contributed by atoms with van der Waals surface area (Å²) < 4.78 is 2.01. The molecule has 2 rings (SSSR count). The third-order valence-electron chi connectivity index (χ3n) is 3.21. The van der Waals surface area contributed by atoms with Crippen molar-refractivity contribution in [2.75, 3.05) is 13.1 Å². The van der Waals surface area contributed by atoms with Crippen molar-refractivity contribution in [3.8, 4) is 0 Å². The first-order chi connectivity index (χ1) is 10.1. The molecule has 0 unspecified atom stereocenters. The second kappa shape index (κ2) is 7.11. The highest BCUT2D eigenvalue weighted by atomic mass is 35.5. The van der Waals surface area contributed by atoms with Crippen LogP contribution in [0.15, 0.2) is 12.1 Å². The fourth-order valence-corrected chi connectivity index (χ4v) is 2.52. The van der Waals surface area contributed by atoms with Gasteiger partial charge >= 0.3 is 0 Å². The molecular formula is C14H18Cl2N4O. The minimum Gasteiger partial charge on any atom is -0.355 e. The minimum absolute atomic E-state index is 0.0237. The average molecular weight is 329 g/mol. The van der Waals surface area contributed by atoms with Gasteiger partial charge in [-0.1, -0.05) is 30.1 Å². The van der Waals surface area contributed by atoms with Gasteiger partial charge in [0.25, 0.3) is 0 Å². The molecule has 0 fully saturated rings. The first-order valence-electron chi connectivity index (χ1n) is 6.87. The molecule has 0 aliphatic rings. The zero-order chi connectivity index (χ0) is 15.4. The predicted octanol–water partition coefficient (Wildman–Crippen LogP) is 2.37. The number of carbonyl (C=O) groups excluding carboxylic acids is 1. The van der Waals surface area contributed by atoms with Crippen molar-refractivity contribution < 1.29 is 4.79 Å². The van der Waals surface area contributed by atoms with Gasteiger partial charge in [-0.25, -0.2) is 4.98 Å². The van der Waals surface area contributed by atoms with E-state index < -0.39 is 0 Å². The number of nitrogens with one attached hydrogen (secondary N) is 1. The van der Waals surface area contributed by atoms with Crippen molar-refractivity contribution in [3.05, 3.63) is 28.0 Å². The van der Waals surface area contributed by atoms with Crippen LogP contribution in [0.4, 0.5) is 0 Å². The number of aromatic nitrogens is 2. The highest BCUT2D eigenvalue weighted by Crippen LogP contribution is 2.28. The van der Waals surface area contributed by atoms with Gasteiger partial charge in [-0.2, -0.15) is 0 Å². The van der Waals surface area contributed by atoms with Gasteiger partial charge in [0, 0.05) is 32.5 Å². The third kappa shape index (κ3) is 3.67. The van der Waals surface area contributed by atoms with E-state index in [2.05, 4.69) is 10.3 Å². The summed E-state index contributed by atoms with van der Waals surface area (Å²) in [5, 5.41) is 3.73. The summed E-state index contributed by atoms with van der Waals surface area (Å²) in [6, 6.07) is 3.55. The maximum absolute atomic E-state index is 11.7. The van der Waals surface area contributed by atoms with Crippen LogP contribution >= 0.6 is 23.2 Å². The van der Waals surface area contributed by atoms with Crippen LogP contribution in [-0.4, -0.2) is 28.5 Å². The Morgan fingerprint density at radius 1 is 1.38 bits per heavy atom. The van der Waals surface area contributed by atoms with Crippen molar-refractivity contribution in [2.24, 2.45) is 5.73 Å². The summed E-state index contributed by atoms with van der Waals surface area (Å²) in [6.07, 6.45) is 1.15. The Morgan fingerprint density at radius 3 is 2.76 bits per heavy atom. The molecule has 21 heavy (non-hydrogen) atoms. The molecule has 0 atom stereocenters. The van der Waals surface area contributed by atoms with Crippen LogP contribution in [0.5, 0.6) is 0 Å². The Labute approximate surface area is 133 Å². The summed E-state index contributed by atoms with van der Waals surface area (Å²) in [6.45, 7) is 3.50. The molecule has 0 spiro atoms. The average Bonchev–Trinajstić information content (AvgIpc) is 2.80. The van der Waals surface area contributed by atoms with Gasteiger partial charge in [-0.15, -0.1) is 0 Å². The Kier molecular flexibility index (Phi) is 5.45. The lowest BCUT2D eigenvalue weighted by atomic mass is 10.3. The molecule has 1 amide bonds. The first kappa shape index (κ1) is 16.1. The first-order valence-corrected chi connectivity index (χ1v) is 7.63. The molecule has 7 heteroatoms. The highest BCUT2D eigenvalue weighted by molar-refractivity contribution is 6.42. The molecule has 2 aromatic rings. The minimum atomic E-state index is -0.0237. The number of nitrogens with two attached hydrogens (primary N) is 1. The normalized spacial score (nSPS) is 11.0. The topological polar surface area (TPSA) is 72.9 Å². The van der Waals surface area contributed by atoms with Crippen molar-refractivity contribution in [2.45, 2.75) is 26.3 Å². The molecule has 0 bridgehead atoms. The van der Waals surface area contributed by atoms with E-state index in [4.69, 9.17) is 28.9 Å². The molecule has 1 aromatic carbocycles. The van der Waals surface area contributed by atoms with Crippen molar-refractivity contribution in [3.63, 3.8) is 0 Å². The second-order valence-electron chi connectivity index (χ2n) is 4.68. The summed E-state index contributed by atoms with van der Waals surface area (Å²) in [5.41, 5.74) is 7.05. The Bertz CT molecular complexity index is 654. The number of fused-ring (bicyclic) bond motifs is 1. The van der Waals surface area contributed by atoms with Crippen LogP contribution in [0, 0.1) is 0 Å². The van der Waals surface area contributed by atoms with E-state index in [-0.39, 0.29) is 5.91 Å². The number of amides is 1. The zero-order valence-electron chi connectivity index (χ0n) is 11.8.